The van der Waals surface area contributed by atoms with Crippen LogP contribution >= 0.6 is 0 Å². The van der Waals surface area contributed by atoms with Crippen LogP contribution in [0.15, 0.2) is 29.2 Å². The third kappa shape index (κ3) is 5.13. The number of hydrogen-bond donors (Lipinski definition) is 2. The van der Waals surface area contributed by atoms with E-state index in [0.717, 1.165) is 24.9 Å². The second kappa shape index (κ2) is 7.64. The molecule has 1 aromatic rings. The van der Waals surface area contributed by atoms with Crippen molar-refractivity contribution in [3.8, 4) is 0 Å². The van der Waals surface area contributed by atoms with Crippen LogP contribution in [-0.4, -0.2) is 20.5 Å². The lowest BCUT2D eigenvalue weighted by Crippen LogP contribution is -2.30. The van der Waals surface area contributed by atoms with E-state index in [2.05, 4.69) is 23.9 Å². The van der Waals surface area contributed by atoms with Gasteiger partial charge >= 0.3 is 0 Å². The Labute approximate surface area is 123 Å². The fourth-order valence-corrected chi connectivity index (χ4v) is 3.32. The standard InChI is InChI=1S/C15H26N2O2S/c1-5-7-13(6-2)16-14-8-10-15(11-9-14)20(18,19)17-12(3)4/h8-13,16-17H,5-7H2,1-4H3. The van der Waals surface area contributed by atoms with E-state index in [1.807, 2.05) is 26.0 Å². The summed E-state index contributed by atoms with van der Waals surface area (Å²) >= 11 is 0. The lowest BCUT2D eigenvalue weighted by atomic mass is 10.1. The Bertz CT molecular complexity index is 495. The summed E-state index contributed by atoms with van der Waals surface area (Å²) in [5.41, 5.74) is 0.966. The van der Waals surface area contributed by atoms with Crippen LogP contribution in [0.25, 0.3) is 0 Å². The molecule has 0 aromatic heterocycles. The first-order valence-electron chi connectivity index (χ1n) is 7.28. The normalized spacial score (nSPS) is 13.4. The number of anilines is 1. The molecular formula is C15H26N2O2S. The van der Waals surface area contributed by atoms with E-state index >= 15 is 0 Å². The summed E-state index contributed by atoms with van der Waals surface area (Å²) in [5, 5.41) is 3.43. The van der Waals surface area contributed by atoms with Crippen LogP contribution < -0.4 is 10.0 Å². The molecule has 1 aromatic carbocycles. The second-order valence-corrected chi connectivity index (χ2v) is 7.05. The molecule has 0 saturated carbocycles. The van der Waals surface area contributed by atoms with Crippen molar-refractivity contribution < 1.29 is 8.42 Å². The van der Waals surface area contributed by atoms with E-state index in [1.165, 1.54) is 0 Å². The second-order valence-electron chi connectivity index (χ2n) is 5.34. The molecule has 0 bridgehead atoms. The zero-order valence-electron chi connectivity index (χ0n) is 12.8. The summed E-state index contributed by atoms with van der Waals surface area (Å²) in [6, 6.07) is 7.28. The maximum absolute atomic E-state index is 12.0. The number of sulfonamides is 1. The summed E-state index contributed by atoms with van der Waals surface area (Å²) in [6.07, 6.45) is 3.31. The number of benzene rings is 1. The number of rotatable bonds is 8. The van der Waals surface area contributed by atoms with E-state index < -0.39 is 10.0 Å². The van der Waals surface area contributed by atoms with Gasteiger partial charge in [0.15, 0.2) is 0 Å². The zero-order chi connectivity index (χ0) is 15.2. The van der Waals surface area contributed by atoms with Crippen LogP contribution in [0.3, 0.4) is 0 Å². The molecule has 2 N–H and O–H groups in total. The molecular weight excluding hydrogens is 272 g/mol. The van der Waals surface area contributed by atoms with Crippen LogP contribution in [0.2, 0.25) is 0 Å². The van der Waals surface area contributed by atoms with Crippen molar-refractivity contribution in [2.45, 2.75) is 63.9 Å². The molecule has 0 heterocycles. The maximum Gasteiger partial charge on any atom is 0.240 e. The quantitative estimate of drug-likeness (QED) is 0.773. The Hall–Kier alpha value is -1.07. The van der Waals surface area contributed by atoms with Crippen molar-refractivity contribution in [1.82, 2.24) is 4.72 Å². The van der Waals surface area contributed by atoms with Gasteiger partial charge in [0.1, 0.15) is 0 Å². The summed E-state index contributed by atoms with van der Waals surface area (Å²) < 4.78 is 26.6. The molecule has 114 valence electrons. The fourth-order valence-electron chi connectivity index (χ4n) is 2.07. The third-order valence-corrected chi connectivity index (χ3v) is 4.73. The first kappa shape index (κ1) is 17.0. The summed E-state index contributed by atoms with van der Waals surface area (Å²) in [5.74, 6) is 0. The van der Waals surface area contributed by atoms with Crippen LogP contribution in [-0.2, 0) is 10.0 Å². The molecule has 20 heavy (non-hydrogen) atoms. The molecule has 1 rings (SSSR count). The Morgan fingerprint density at radius 2 is 1.70 bits per heavy atom. The smallest absolute Gasteiger partial charge is 0.240 e. The molecule has 0 aliphatic heterocycles. The van der Waals surface area contributed by atoms with Gasteiger partial charge in [0.2, 0.25) is 10.0 Å². The highest BCUT2D eigenvalue weighted by Crippen LogP contribution is 2.17. The highest BCUT2D eigenvalue weighted by atomic mass is 32.2. The van der Waals surface area contributed by atoms with Gasteiger partial charge < -0.3 is 5.32 Å². The van der Waals surface area contributed by atoms with Gasteiger partial charge in [-0.3, -0.25) is 0 Å². The van der Waals surface area contributed by atoms with Crippen molar-refractivity contribution >= 4 is 15.7 Å². The van der Waals surface area contributed by atoms with Crippen LogP contribution in [0.4, 0.5) is 5.69 Å². The molecule has 0 aliphatic rings. The average molecular weight is 298 g/mol. The predicted octanol–water partition coefficient (Wildman–Crippen LogP) is 3.36. The van der Waals surface area contributed by atoms with Gasteiger partial charge in [-0.25, -0.2) is 13.1 Å². The molecule has 0 saturated heterocycles. The number of nitrogens with one attached hydrogen (secondary N) is 2. The van der Waals surface area contributed by atoms with E-state index in [1.54, 1.807) is 12.1 Å². The molecule has 0 radical (unpaired) electrons. The average Bonchev–Trinajstić information content (AvgIpc) is 2.37. The summed E-state index contributed by atoms with van der Waals surface area (Å²) in [6.45, 7) is 7.93. The first-order valence-corrected chi connectivity index (χ1v) is 8.76. The Kier molecular flexibility index (Phi) is 6.49. The Balaban J connectivity index is 2.78. The molecule has 0 aliphatic carbocycles. The van der Waals surface area contributed by atoms with Gasteiger partial charge in [0.05, 0.1) is 4.90 Å². The minimum absolute atomic E-state index is 0.105. The van der Waals surface area contributed by atoms with Crippen LogP contribution in [0.1, 0.15) is 47.0 Å². The predicted molar refractivity (Wildman–Crippen MR) is 84.5 cm³/mol. The number of hydrogen-bond acceptors (Lipinski definition) is 3. The molecule has 5 heteroatoms. The van der Waals surface area contributed by atoms with Gasteiger partial charge in [-0.2, -0.15) is 0 Å². The van der Waals surface area contributed by atoms with Crippen molar-refractivity contribution in [1.29, 1.82) is 0 Å². The lowest BCUT2D eigenvalue weighted by molar-refractivity contribution is 0.570. The van der Waals surface area contributed by atoms with Crippen molar-refractivity contribution in [3.63, 3.8) is 0 Å². The first-order chi connectivity index (χ1) is 9.39. The summed E-state index contributed by atoms with van der Waals surface area (Å²) in [7, 11) is -3.40. The van der Waals surface area contributed by atoms with Crippen molar-refractivity contribution in [2.24, 2.45) is 0 Å². The topological polar surface area (TPSA) is 58.2 Å². The van der Waals surface area contributed by atoms with Gasteiger partial charge in [0, 0.05) is 17.8 Å². The third-order valence-electron chi connectivity index (χ3n) is 3.06. The molecule has 4 nitrogen and oxygen atoms in total. The van der Waals surface area contributed by atoms with Crippen molar-refractivity contribution in [2.75, 3.05) is 5.32 Å². The highest BCUT2D eigenvalue weighted by Gasteiger charge is 2.15. The van der Waals surface area contributed by atoms with Gasteiger partial charge in [-0.1, -0.05) is 20.3 Å². The van der Waals surface area contributed by atoms with E-state index in [-0.39, 0.29) is 6.04 Å². The Morgan fingerprint density at radius 1 is 1.10 bits per heavy atom. The fraction of sp³-hybridized carbons (Fsp3) is 0.600. The van der Waals surface area contributed by atoms with E-state index in [4.69, 9.17) is 0 Å². The van der Waals surface area contributed by atoms with E-state index in [0.29, 0.717) is 10.9 Å². The van der Waals surface area contributed by atoms with Crippen molar-refractivity contribution in [3.05, 3.63) is 24.3 Å². The SMILES string of the molecule is CCCC(CC)Nc1ccc(S(=O)(=O)NC(C)C)cc1. The maximum atomic E-state index is 12.0. The highest BCUT2D eigenvalue weighted by molar-refractivity contribution is 7.89. The monoisotopic (exact) mass is 298 g/mol. The summed E-state index contributed by atoms with van der Waals surface area (Å²) in [4.78, 5) is 0.306. The molecule has 0 fully saturated rings. The van der Waals surface area contributed by atoms with Crippen LogP contribution in [0.5, 0.6) is 0 Å². The minimum atomic E-state index is -3.40. The van der Waals surface area contributed by atoms with E-state index in [9.17, 15) is 8.42 Å². The van der Waals surface area contributed by atoms with Crippen LogP contribution in [0, 0.1) is 0 Å². The molecule has 0 spiro atoms. The Morgan fingerprint density at radius 3 is 2.15 bits per heavy atom. The minimum Gasteiger partial charge on any atom is -0.382 e. The zero-order valence-corrected chi connectivity index (χ0v) is 13.6. The molecule has 1 unspecified atom stereocenters. The molecule has 1 atom stereocenters. The van der Waals surface area contributed by atoms with Gasteiger partial charge in [0.25, 0.3) is 0 Å². The largest absolute Gasteiger partial charge is 0.382 e. The lowest BCUT2D eigenvalue weighted by Gasteiger charge is -2.17. The van der Waals surface area contributed by atoms with Gasteiger partial charge in [-0.15, -0.1) is 0 Å². The molecule has 0 amide bonds. The van der Waals surface area contributed by atoms with Gasteiger partial charge in [-0.05, 0) is 51.0 Å².